The van der Waals surface area contributed by atoms with E-state index in [-0.39, 0.29) is 18.9 Å². The molecule has 2 rings (SSSR count). The molecule has 0 aliphatic carbocycles. The Kier molecular flexibility index (Phi) is 6.56. The van der Waals surface area contributed by atoms with Crippen LogP contribution >= 0.6 is 0 Å². The van der Waals surface area contributed by atoms with Gasteiger partial charge in [0.2, 0.25) is 15.9 Å². The molecule has 0 heterocycles. The number of amides is 1. The highest BCUT2D eigenvalue weighted by atomic mass is 32.2. The number of benzene rings is 2. The Morgan fingerprint density at radius 1 is 1.00 bits per heavy atom. The molecule has 0 saturated heterocycles. The lowest BCUT2D eigenvalue weighted by Crippen LogP contribution is -2.29. The maximum absolute atomic E-state index is 12.6. The van der Waals surface area contributed by atoms with E-state index in [1.807, 2.05) is 43.3 Å². The summed E-state index contributed by atoms with van der Waals surface area (Å²) in [6.07, 6.45) is 1.01. The summed E-state index contributed by atoms with van der Waals surface area (Å²) < 4.78 is 27.6. The summed E-state index contributed by atoms with van der Waals surface area (Å²) in [4.78, 5) is 12.3. The SMILES string of the molecule is CCc1ccc(NC(=O)CCNS(=O)(=O)c2c(C)cc(C)cc2C)cc1. The van der Waals surface area contributed by atoms with E-state index in [4.69, 9.17) is 0 Å². The van der Waals surface area contributed by atoms with E-state index in [2.05, 4.69) is 17.0 Å². The van der Waals surface area contributed by atoms with Gasteiger partial charge in [0.15, 0.2) is 0 Å². The van der Waals surface area contributed by atoms with Crippen LogP contribution in [0.3, 0.4) is 0 Å². The third-order valence-corrected chi connectivity index (χ3v) is 5.93. The van der Waals surface area contributed by atoms with E-state index >= 15 is 0 Å². The number of carbonyl (C=O) groups is 1. The van der Waals surface area contributed by atoms with Crippen molar-refractivity contribution in [1.29, 1.82) is 0 Å². The molecule has 0 bridgehead atoms. The van der Waals surface area contributed by atoms with E-state index in [0.29, 0.717) is 21.7 Å². The second-order valence-electron chi connectivity index (χ2n) is 6.47. The molecule has 140 valence electrons. The van der Waals surface area contributed by atoms with Crippen molar-refractivity contribution in [2.45, 2.75) is 45.4 Å². The summed E-state index contributed by atoms with van der Waals surface area (Å²) in [5.41, 5.74) is 4.33. The van der Waals surface area contributed by atoms with Gasteiger partial charge >= 0.3 is 0 Å². The molecule has 0 radical (unpaired) electrons. The first-order chi connectivity index (χ1) is 12.2. The van der Waals surface area contributed by atoms with E-state index in [9.17, 15) is 13.2 Å². The molecule has 0 aliphatic heterocycles. The van der Waals surface area contributed by atoms with Gasteiger partial charge in [0.1, 0.15) is 0 Å². The minimum absolute atomic E-state index is 0.0496. The fourth-order valence-corrected chi connectivity index (χ4v) is 4.49. The van der Waals surface area contributed by atoms with Crippen LogP contribution < -0.4 is 10.0 Å². The fraction of sp³-hybridized carbons (Fsp3) is 0.350. The second-order valence-corrected chi connectivity index (χ2v) is 8.18. The maximum Gasteiger partial charge on any atom is 0.241 e. The van der Waals surface area contributed by atoms with Gasteiger partial charge in [-0.1, -0.05) is 36.8 Å². The molecule has 0 atom stereocenters. The van der Waals surface area contributed by atoms with Gasteiger partial charge in [0.05, 0.1) is 4.90 Å². The molecule has 26 heavy (non-hydrogen) atoms. The van der Waals surface area contributed by atoms with E-state index in [1.165, 1.54) is 5.56 Å². The first-order valence-corrected chi connectivity index (χ1v) is 10.2. The summed E-state index contributed by atoms with van der Waals surface area (Å²) in [6, 6.07) is 11.3. The Labute approximate surface area is 155 Å². The highest BCUT2D eigenvalue weighted by molar-refractivity contribution is 7.89. The average molecular weight is 375 g/mol. The van der Waals surface area contributed by atoms with Gasteiger partial charge in [-0.3, -0.25) is 4.79 Å². The average Bonchev–Trinajstić information content (AvgIpc) is 2.54. The number of hydrogen-bond donors (Lipinski definition) is 2. The molecule has 1 amide bonds. The molecule has 0 aromatic heterocycles. The van der Waals surface area contributed by atoms with Crippen LogP contribution in [0.5, 0.6) is 0 Å². The Balaban J connectivity index is 1.94. The highest BCUT2D eigenvalue weighted by Gasteiger charge is 2.19. The summed E-state index contributed by atoms with van der Waals surface area (Å²) in [6.45, 7) is 7.61. The molecule has 2 aromatic carbocycles. The van der Waals surface area contributed by atoms with Gasteiger partial charge in [0.25, 0.3) is 0 Å². The fourth-order valence-electron chi connectivity index (χ4n) is 3.01. The van der Waals surface area contributed by atoms with Crippen molar-refractivity contribution in [3.63, 3.8) is 0 Å². The minimum Gasteiger partial charge on any atom is -0.326 e. The van der Waals surface area contributed by atoms with Crippen LogP contribution in [0.15, 0.2) is 41.3 Å². The van der Waals surface area contributed by atoms with Crippen LogP contribution in [0.2, 0.25) is 0 Å². The molecular formula is C20H26N2O3S. The van der Waals surface area contributed by atoms with Gasteiger partial charge in [-0.05, 0) is 56.0 Å². The predicted molar refractivity (Wildman–Crippen MR) is 105 cm³/mol. The third kappa shape index (κ3) is 5.16. The zero-order valence-corrected chi connectivity index (χ0v) is 16.5. The smallest absolute Gasteiger partial charge is 0.241 e. The Morgan fingerprint density at radius 3 is 2.12 bits per heavy atom. The Bertz CT molecular complexity index is 865. The number of sulfonamides is 1. The van der Waals surface area contributed by atoms with Gasteiger partial charge in [-0.25, -0.2) is 13.1 Å². The number of nitrogens with one attached hydrogen (secondary N) is 2. The molecule has 0 spiro atoms. The predicted octanol–water partition coefficient (Wildman–Crippen LogP) is 3.48. The molecule has 0 saturated carbocycles. The molecule has 2 aromatic rings. The van der Waals surface area contributed by atoms with Crippen molar-refractivity contribution in [2.24, 2.45) is 0 Å². The number of hydrogen-bond acceptors (Lipinski definition) is 3. The van der Waals surface area contributed by atoms with Crippen molar-refractivity contribution in [2.75, 3.05) is 11.9 Å². The number of rotatable bonds is 7. The number of anilines is 1. The van der Waals surface area contributed by atoms with E-state index in [1.54, 1.807) is 13.8 Å². The van der Waals surface area contributed by atoms with Crippen LogP contribution in [0.4, 0.5) is 5.69 Å². The van der Waals surface area contributed by atoms with Crippen molar-refractivity contribution in [1.82, 2.24) is 4.72 Å². The van der Waals surface area contributed by atoms with Crippen molar-refractivity contribution >= 4 is 21.6 Å². The first kappa shape index (κ1) is 20.1. The Morgan fingerprint density at radius 2 is 1.58 bits per heavy atom. The normalized spacial score (nSPS) is 11.4. The first-order valence-electron chi connectivity index (χ1n) is 8.69. The molecular weight excluding hydrogens is 348 g/mol. The summed E-state index contributed by atoms with van der Waals surface area (Å²) >= 11 is 0. The van der Waals surface area contributed by atoms with Crippen LogP contribution in [0, 0.1) is 20.8 Å². The van der Waals surface area contributed by atoms with Crippen molar-refractivity contribution in [3.8, 4) is 0 Å². The molecule has 6 heteroatoms. The van der Waals surface area contributed by atoms with Gasteiger partial charge in [-0.15, -0.1) is 0 Å². The molecule has 0 unspecified atom stereocenters. The van der Waals surface area contributed by atoms with E-state index in [0.717, 1.165) is 12.0 Å². The zero-order valence-electron chi connectivity index (χ0n) is 15.7. The minimum atomic E-state index is -3.65. The largest absolute Gasteiger partial charge is 0.326 e. The highest BCUT2D eigenvalue weighted by Crippen LogP contribution is 2.21. The van der Waals surface area contributed by atoms with Crippen LogP contribution in [-0.4, -0.2) is 20.9 Å². The third-order valence-electron chi connectivity index (χ3n) is 4.16. The Hall–Kier alpha value is -2.18. The lowest BCUT2D eigenvalue weighted by Gasteiger charge is -2.13. The standard InChI is InChI=1S/C20H26N2O3S/c1-5-17-6-8-18(9-7-17)22-19(23)10-11-21-26(24,25)20-15(3)12-14(2)13-16(20)4/h6-9,12-13,21H,5,10-11H2,1-4H3,(H,22,23). The van der Waals surface area contributed by atoms with Crippen LogP contribution in [0.1, 0.15) is 35.6 Å². The van der Waals surface area contributed by atoms with Crippen LogP contribution in [0.25, 0.3) is 0 Å². The van der Waals surface area contributed by atoms with Crippen LogP contribution in [-0.2, 0) is 21.2 Å². The summed E-state index contributed by atoms with van der Waals surface area (Å²) in [5, 5.41) is 2.78. The molecule has 0 fully saturated rings. The second kappa shape index (κ2) is 8.47. The van der Waals surface area contributed by atoms with Gasteiger partial charge < -0.3 is 5.32 Å². The lowest BCUT2D eigenvalue weighted by molar-refractivity contribution is -0.116. The molecule has 2 N–H and O–H groups in total. The monoisotopic (exact) mass is 374 g/mol. The quantitative estimate of drug-likeness (QED) is 0.779. The molecule has 0 aliphatic rings. The summed E-state index contributed by atoms with van der Waals surface area (Å²) in [7, 11) is -3.65. The molecule has 5 nitrogen and oxygen atoms in total. The van der Waals surface area contributed by atoms with Crippen molar-refractivity contribution < 1.29 is 13.2 Å². The maximum atomic E-state index is 12.6. The van der Waals surface area contributed by atoms with Crippen molar-refractivity contribution in [3.05, 3.63) is 58.7 Å². The number of carbonyl (C=O) groups excluding carboxylic acids is 1. The van der Waals surface area contributed by atoms with Gasteiger partial charge in [0, 0.05) is 18.7 Å². The summed E-state index contributed by atoms with van der Waals surface area (Å²) in [5.74, 6) is -0.228. The number of aryl methyl sites for hydroxylation is 4. The lowest BCUT2D eigenvalue weighted by atomic mass is 10.1. The van der Waals surface area contributed by atoms with E-state index < -0.39 is 10.0 Å². The van der Waals surface area contributed by atoms with Gasteiger partial charge in [-0.2, -0.15) is 0 Å². The zero-order chi connectivity index (χ0) is 19.3. The topological polar surface area (TPSA) is 75.3 Å².